The Bertz CT molecular complexity index is 596. The highest BCUT2D eigenvalue weighted by atomic mass is 16.5. The number of ether oxygens (including phenoxy) is 2. The largest absolute Gasteiger partial charge is 0.494 e. The second-order valence-corrected chi connectivity index (χ2v) is 5.42. The maximum Gasteiger partial charge on any atom is 0.122 e. The van der Waals surface area contributed by atoms with Crippen LogP contribution < -0.4 is 14.8 Å². The molecule has 22 heavy (non-hydrogen) atoms. The molecule has 1 N–H and O–H groups in total. The topological polar surface area (TPSA) is 30.5 Å². The summed E-state index contributed by atoms with van der Waals surface area (Å²) in [5.74, 6) is 1.86. The van der Waals surface area contributed by atoms with Crippen LogP contribution >= 0.6 is 0 Å². The molecule has 0 amide bonds. The van der Waals surface area contributed by atoms with Crippen LogP contribution in [0.3, 0.4) is 0 Å². The first-order valence-electron chi connectivity index (χ1n) is 7.86. The minimum Gasteiger partial charge on any atom is -0.494 e. The molecule has 0 saturated carbocycles. The van der Waals surface area contributed by atoms with Crippen LogP contribution in [-0.2, 0) is 0 Å². The Labute approximate surface area is 133 Å². The fraction of sp³-hybridized carbons (Fsp3) is 0.368. The number of benzene rings is 2. The Morgan fingerprint density at radius 3 is 2.59 bits per heavy atom. The Morgan fingerprint density at radius 1 is 0.955 bits per heavy atom. The van der Waals surface area contributed by atoms with Crippen molar-refractivity contribution in [2.75, 3.05) is 25.1 Å². The molecule has 0 aliphatic carbocycles. The van der Waals surface area contributed by atoms with Crippen molar-refractivity contribution in [2.45, 2.75) is 27.2 Å². The van der Waals surface area contributed by atoms with Crippen LogP contribution in [0.15, 0.2) is 42.5 Å². The fourth-order valence-corrected chi connectivity index (χ4v) is 2.23. The summed E-state index contributed by atoms with van der Waals surface area (Å²) in [6.45, 7) is 8.40. The Kier molecular flexibility index (Phi) is 6.13. The van der Waals surface area contributed by atoms with E-state index >= 15 is 0 Å². The highest BCUT2D eigenvalue weighted by Crippen LogP contribution is 2.19. The molecule has 0 saturated heterocycles. The number of anilines is 1. The van der Waals surface area contributed by atoms with Gasteiger partial charge in [-0.3, -0.25) is 0 Å². The summed E-state index contributed by atoms with van der Waals surface area (Å²) in [6.07, 6.45) is 1.02. The van der Waals surface area contributed by atoms with E-state index in [2.05, 4.69) is 38.2 Å². The summed E-state index contributed by atoms with van der Waals surface area (Å²) in [6, 6.07) is 14.3. The van der Waals surface area contributed by atoms with E-state index in [9.17, 15) is 0 Å². The van der Waals surface area contributed by atoms with Gasteiger partial charge in [0.2, 0.25) is 0 Å². The lowest BCUT2D eigenvalue weighted by molar-refractivity contribution is 0.317. The lowest BCUT2D eigenvalue weighted by atomic mass is 10.1. The molecule has 0 fully saturated rings. The lowest BCUT2D eigenvalue weighted by Crippen LogP contribution is -2.12. The molecule has 3 heteroatoms. The molecule has 2 rings (SSSR count). The van der Waals surface area contributed by atoms with Gasteiger partial charge in [0.05, 0.1) is 6.61 Å². The van der Waals surface area contributed by atoms with Crippen LogP contribution in [0.4, 0.5) is 5.69 Å². The number of hydrogen-bond donors (Lipinski definition) is 1. The Balaban J connectivity index is 1.78. The smallest absolute Gasteiger partial charge is 0.122 e. The minimum absolute atomic E-state index is 0.629. The van der Waals surface area contributed by atoms with Crippen LogP contribution in [0, 0.1) is 13.8 Å². The molecular weight excluding hydrogens is 274 g/mol. The van der Waals surface area contributed by atoms with Crippen molar-refractivity contribution in [2.24, 2.45) is 0 Å². The van der Waals surface area contributed by atoms with Crippen LogP contribution in [0.25, 0.3) is 0 Å². The summed E-state index contributed by atoms with van der Waals surface area (Å²) in [4.78, 5) is 0. The SMILES string of the molecule is CCCOc1cccc(NCCOc2ccc(C)cc2C)c1. The third kappa shape index (κ3) is 4.99. The second kappa shape index (κ2) is 8.32. The number of nitrogens with one attached hydrogen (secondary N) is 1. The van der Waals surface area contributed by atoms with Crippen molar-refractivity contribution in [1.29, 1.82) is 0 Å². The van der Waals surface area contributed by atoms with E-state index in [1.165, 1.54) is 11.1 Å². The molecule has 0 heterocycles. The third-order valence-corrected chi connectivity index (χ3v) is 3.33. The van der Waals surface area contributed by atoms with Gasteiger partial charge >= 0.3 is 0 Å². The maximum absolute atomic E-state index is 5.81. The molecule has 0 unspecified atom stereocenters. The van der Waals surface area contributed by atoms with Crippen molar-refractivity contribution in [3.63, 3.8) is 0 Å². The predicted molar refractivity (Wildman–Crippen MR) is 92.1 cm³/mol. The van der Waals surface area contributed by atoms with Gasteiger partial charge < -0.3 is 14.8 Å². The van der Waals surface area contributed by atoms with Gasteiger partial charge in [0, 0.05) is 18.3 Å². The molecule has 0 aromatic heterocycles. The molecule has 0 atom stereocenters. The van der Waals surface area contributed by atoms with Gasteiger partial charge in [0.1, 0.15) is 18.1 Å². The summed E-state index contributed by atoms with van der Waals surface area (Å²) in [5, 5.41) is 3.36. The molecular formula is C19H25NO2. The van der Waals surface area contributed by atoms with E-state index in [1.54, 1.807) is 0 Å². The van der Waals surface area contributed by atoms with Gasteiger partial charge in [-0.05, 0) is 44.0 Å². The van der Waals surface area contributed by atoms with E-state index in [4.69, 9.17) is 9.47 Å². The van der Waals surface area contributed by atoms with E-state index in [0.29, 0.717) is 6.61 Å². The van der Waals surface area contributed by atoms with Crippen LogP contribution in [0.2, 0.25) is 0 Å². The summed E-state index contributed by atoms with van der Waals surface area (Å²) >= 11 is 0. The van der Waals surface area contributed by atoms with Gasteiger partial charge in [0.25, 0.3) is 0 Å². The van der Waals surface area contributed by atoms with E-state index in [0.717, 1.165) is 36.8 Å². The van der Waals surface area contributed by atoms with Gasteiger partial charge in [-0.2, -0.15) is 0 Å². The first kappa shape index (κ1) is 16.2. The monoisotopic (exact) mass is 299 g/mol. The molecule has 2 aromatic rings. The maximum atomic E-state index is 5.81. The van der Waals surface area contributed by atoms with E-state index < -0.39 is 0 Å². The van der Waals surface area contributed by atoms with Crippen LogP contribution in [0.1, 0.15) is 24.5 Å². The zero-order valence-corrected chi connectivity index (χ0v) is 13.7. The van der Waals surface area contributed by atoms with Gasteiger partial charge in [-0.15, -0.1) is 0 Å². The predicted octanol–water partition coefficient (Wildman–Crippen LogP) is 4.58. The van der Waals surface area contributed by atoms with Crippen molar-refractivity contribution in [3.05, 3.63) is 53.6 Å². The summed E-state index contributed by atoms with van der Waals surface area (Å²) in [7, 11) is 0. The zero-order valence-electron chi connectivity index (χ0n) is 13.7. The van der Waals surface area contributed by atoms with Crippen molar-refractivity contribution < 1.29 is 9.47 Å². The first-order valence-corrected chi connectivity index (χ1v) is 7.86. The Morgan fingerprint density at radius 2 is 1.82 bits per heavy atom. The zero-order chi connectivity index (χ0) is 15.8. The van der Waals surface area contributed by atoms with E-state index in [-0.39, 0.29) is 0 Å². The first-order chi connectivity index (χ1) is 10.7. The van der Waals surface area contributed by atoms with Crippen molar-refractivity contribution in [1.82, 2.24) is 0 Å². The Hall–Kier alpha value is -2.16. The van der Waals surface area contributed by atoms with Crippen molar-refractivity contribution >= 4 is 5.69 Å². The average Bonchev–Trinajstić information content (AvgIpc) is 2.51. The third-order valence-electron chi connectivity index (χ3n) is 3.33. The minimum atomic E-state index is 0.629. The standard InChI is InChI=1S/C19H25NO2/c1-4-11-21-18-7-5-6-17(14-18)20-10-12-22-19-9-8-15(2)13-16(19)3/h5-9,13-14,20H,4,10-12H2,1-3H3. The highest BCUT2D eigenvalue weighted by molar-refractivity contribution is 5.48. The molecule has 0 spiro atoms. The molecule has 3 nitrogen and oxygen atoms in total. The second-order valence-electron chi connectivity index (χ2n) is 5.42. The van der Waals surface area contributed by atoms with Crippen LogP contribution in [0.5, 0.6) is 11.5 Å². The summed E-state index contributed by atoms with van der Waals surface area (Å²) in [5.41, 5.74) is 3.49. The lowest BCUT2D eigenvalue weighted by Gasteiger charge is -2.12. The molecule has 0 aliphatic rings. The number of rotatable bonds is 8. The van der Waals surface area contributed by atoms with Gasteiger partial charge in [0.15, 0.2) is 0 Å². The highest BCUT2D eigenvalue weighted by Gasteiger charge is 2.00. The quantitative estimate of drug-likeness (QED) is 0.724. The molecule has 0 bridgehead atoms. The average molecular weight is 299 g/mol. The molecule has 0 radical (unpaired) electrons. The summed E-state index contributed by atoms with van der Waals surface area (Å²) < 4.78 is 11.4. The van der Waals surface area contributed by atoms with Crippen LogP contribution in [-0.4, -0.2) is 19.8 Å². The molecule has 0 aliphatic heterocycles. The number of aryl methyl sites for hydroxylation is 2. The molecule has 2 aromatic carbocycles. The fourth-order valence-electron chi connectivity index (χ4n) is 2.23. The van der Waals surface area contributed by atoms with Crippen molar-refractivity contribution in [3.8, 4) is 11.5 Å². The number of hydrogen-bond acceptors (Lipinski definition) is 3. The van der Waals surface area contributed by atoms with E-state index in [1.807, 2.05) is 30.3 Å². The molecule has 118 valence electrons. The van der Waals surface area contributed by atoms with Gasteiger partial charge in [-0.25, -0.2) is 0 Å². The normalized spacial score (nSPS) is 10.3. The van der Waals surface area contributed by atoms with Gasteiger partial charge in [-0.1, -0.05) is 30.7 Å².